The number of ketones is 1. The van der Waals surface area contributed by atoms with E-state index in [1.165, 1.54) is 0 Å². The molecule has 1 fully saturated rings. The summed E-state index contributed by atoms with van der Waals surface area (Å²) in [6.45, 7) is 9.99. The van der Waals surface area contributed by atoms with Gasteiger partial charge in [-0.2, -0.15) is 0 Å². The molecular formula is C20H27N3O3. The number of carbonyl (C=O) groups excluding carboxylic acids is 2. The highest BCUT2D eigenvalue weighted by molar-refractivity contribution is 6.10. The normalized spacial score (nSPS) is 17.3. The molecular weight excluding hydrogens is 330 g/mol. The average molecular weight is 357 g/mol. The second kappa shape index (κ2) is 7.11. The minimum atomic E-state index is -0.493. The number of amides is 1. The van der Waals surface area contributed by atoms with Crippen LogP contribution in [0.15, 0.2) is 30.5 Å². The number of piperazine rings is 1. The molecule has 1 amide bonds. The fraction of sp³-hybridized carbons (Fsp3) is 0.500. The molecule has 1 aliphatic heterocycles. The Balaban J connectivity index is 1.62. The summed E-state index contributed by atoms with van der Waals surface area (Å²) in [5, 5.41) is 0.955. The number of nitrogens with one attached hydrogen (secondary N) is 1. The second-order valence-electron chi connectivity index (χ2n) is 7.79. The highest BCUT2D eigenvalue weighted by Crippen LogP contribution is 2.21. The molecule has 6 heteroatoms. The molecule has 0 radical (unpaired) electrons. The lowest BCUT2D eigenvalue weighted by atomic mass is 10.0. The zero-order chi connectivity index (χ0) is 18.9. The van der Waals surface area contributed by atoms with Gasteiger partial charge in [-0.15, -0.1) is 0 Å². The van der Waals surface area contributed by atoms with Gasteiger partial charge in [0.1, 0.15) is 5.60 Å². The molecule has 26 heavy (non-hydrogen) atoms. The lowest BCUT2D eigenvalue weighted by Gasteiger charge is -2.37. The van der Waals surface area contributed by atoms with Crippen LogP contribution in [-0.4, -0.2) is 64.5 Å². The summed E-state index contributed by atoms with van der Waals surface area (Å²) < 4.78 is 5.42. The van der Waals surface area contributed by atoms with E-state index in [2.05, 4.69) is 9.88 Å². The number of hydrogen-bond acceptors (Lipinski definition) is 4. The van der Waals surface area contributed by atoms with Crippen molar-refractivity contribution in [3.05, 3.63) is 36.0 Å². The summed E-state index contributed by atoms with van der Waals surface area (Å²) in [5.74, 6) is 0.105. The zero-order valence-corrected chi connectivity index (χ0v) is 15.9. The van der Waals surface area contributed by atoms with E-state index in [0.717, 1.165) is 16.5 Å². The van der Waals surface area contributed by atoms with Gasteiger partial charge in [0, 0.05) is 48.8 Å². The van der Waals surface area contributed by atoms with Crippen LogP contribution in [-0.2, 0) is 4.74 Å². The molecule has 1 N–H and O–H groups in total. The summed E-state index contributed by atoms with van der Waals surface area (Å²) >= 11 is 0. The number of benzene rings is 1. The standard InChI is InChI=1S/C20H27N3O3/c1-14(18(24)16-13-21-17-8-6-5-7-15(16)17)22-9-11-23(12-10-22)19(25)26-20(2,3)4/h5-8,13-14,21H,9-12H2,1-4H3. The first kappa shape index (κ1) is 18.5. The number of rotatable bonds is 3. The highest BCUT2D eigenvalue weighted by atomic mass is 16.6. The van der Waals surface area contributed by atoms with Gasteiger partial charge in [0.2, 0.25) is 0 Å². The van der Waals surface area contributed by atoms with Crippen LogP contribution in [0.5, 0.6) is 0 Å². The van der Waals surface area contributed by atoms with Crippen LogP contribution < -0.4 is 0 Å². The van der Waals surface area contributed by atoms with Crippen LogP contribution in [0.4, 0.5) is 4.79 Å². The number of hydrogen-bond donors (Lipinski definition) is 1. The van der Waals surface area contributed by atoms with E-state index >= 15 is 0 Å². The van der Waals surface area contributed by atoms with Gasteiger partial charge in [-0.05, 0) is 33.8 Å². The molecule has 6 nitrogen and oxygen atoms in total. The maximum atomic E-state index is 13.0. The molecule has 1 aromatic heterocycles. The van der Waals surface area contributed by atoms with Crippen LogP contribution in [0.3, 0.4) is 0 Å². The Hall–Kier alpha value is -2.34. The van der Waals surface area contributed by atoms with Gasteiger partial charge in [0.15, 0.2) is 5.78 Å². The molecule has 1 aromatic carbocycles. The SMILES string of the molecule is CC(C(=O)c1c[nH]c2ccccc12)N1CCN(C(=O)OC(C)(C)C)CC1. The summed E-state index contributed by atoms with van der Waals surface area (Å²) in [7, 11) is 0. The maximum absolute atomic E-state index is 13.0. The van der Waals surface area contributed by atoms with Crippen molar-refractivity contribution in [3.8, 4) is 0 Å². The first-order chi connectivity index (χ1) is 12.3. The van der Waals surface area contributed by atoms with Crippen molar-refractivity contribution >= 4 is 22.8 Å². The molecule has 1 unspecified atom stereocenters. The Bertz CT molecular complexity index is 798. The molecule has 0 saturated carbocycles. The number of aromatic amines is 1. The minimum absolute atomic E-state index is 0.105. The van der Waals surface area contributed by atoms with E-state index in [-0.39, 0.29) is 17.9 Å². The topological polar surface area (TPSA) is 65.6 Å². The van der Waals surface area contributed by atoms with Crippen molar-refractivity contribution < 1.29 is 14.3 Å². The van der Waals surface area contributed by atoms with Crippen LogP contribution in [0.1, 0.15) is 38.1 Å². The minimum Gasteiger partial charge on any atom is -0.444 e. The highest BCUT2D eigenvalue weighted by Gasteiger charge is 2.30. The third kappa shape index (κ3) is 3.90. The number of ether oxygens (including phenoxy) is 1. The Morgan fingerprint density at radius 3 is 2.42 bits per heavy atom. The smallest absolute Gasteiger partial charge is 0.410 e. The van der Waals surface area contributed by atoms with Crippen molar-refractivity contribution in [1.29, 1.82) is 0 Å². The van der Waals surface area contributed by atoms with Crippen LogP contribution in [0.25, 0.3) is 10.9 Å². The van der Waals surface area contributed by atoms with E-state index in [0.29, 0.717) is 26.2 Å². The second-order valence-corrected chi connectivity index (χ2v) is 7.79. The molecule has 1 saturated heterocycles. The number of fused-ring (bicyclic) bond motifs is 1. The number of H-pyrrole nitrogens is 1. The van der Waals surface area contributed by atoms with E-state index in [1.54, 1.807) is 11.1 Å². The predicted molar refractivity (Wildman–Crippen MR) is 101 cm³/mol. The number of nitrogens with zero attached hydrogens (tertiary/aromatic N) is 2. The van der Waals surface area contributed by atoms with Gasteiger partial charge >= 0.3 is 6.09 Å². The van der Waals surface area contributed by atoms with E-state index in [9.17, 15) is 9.59 Å². The Morgan fingerprint density at radius 1 is 1.12 bits per heavy atom. The molecule has 2 aromatic rings. The maximum Gasteiger partial charge on any atom is 0.410 e. The molecule has 2 heterocycles. The zero-order valence-electron chi connectivity index (χ0n) is 15.9. The average Bonchev–Trinajstić information content (AvgIpc) is 3.03. The third-order valence-corrected chi connectivity index (χ3v) is 4.75. The van der Waals surface area contributed by atoms with Crippen molar-refractivity contribution in [1.82, 2.24) is 14.8 Å². The van der Waals surface area contributed by atoms with Gasteiger partial charge in [-0.1, -0.05) is 18.2 Å². The summed E-state index contributed by atoms with van der Waals surface area (Å²) in [4.78, 5) is 32.1. The Morgan fingerprint density at radius 2 is 1.77 bits per heavy atom. The largest absolute Gasteiger partial charge is 0.444 e. The first-order valence-electron chi connectivity index (χ1n) is 9.08. The predicted octanol–water partition coefficient (Wildman–Crippen LogP) is 3.29. The quantitative estimate of drug-likeness (QED) is 0.856. The van der Waals surface area contributed by atoms with Gasteiger partial charge in [0.05, 0.1) is 6.04 Å². The number of aromatic nitrogens is 1. The lowest BCUT2D eigenvalue weighted by Crippen LogP contribution is -2.53. The molecule has 3 rings (SSSR count). The Labute approximate surface area is 154 Å². The van der Waals surface area contributed by atoms with Gasteiger partial charge < -0.3 is 14.6 Å². The van der Waals surface area contributed by atoms with Crippen LogP contribution in [0.2, 0.25) is 0 Å². The van der Waals surface area contributed by atoms with Gasteiger partial charge in [0.25, 0.3) is 0 Å². The number of para-hydroxylation sites is 1. The van der Waals surface area contributed by atoms with Crippen molar-refractivity contribution in [2.24, 2.45) is 0 Å². The third-order valence-electron chi connectivity index (χ3n) is 4.75. The summed E-state index contributed by atoms with van der Waals surface area (Å²) in [6, 6.07) is 7.60. The van der Waals surface area contributed by atoms with E-state index in [1.807, 2.05) is 52.0 Å². The molecule has 1 aliphatic rings. The molecule has 0 bridgehead atoms. The molecule has 140 valence electrons. The van der Waals surface area contributed by atoms with Crippen molar-refractivity contribution in [2.75, 3.05) is 26.2 Å². The molecule has 1 atom stereocenters. The first-order valence-corrected chi connectivity index (χ1v) is 9.08. The number of Topliss-reactive ketones (excluding diaryl/α,β-unsaturated/α-hetero) is 1. The number of carbonyl (C=O) groups is 2. The summed E-state index contributed by atoms with van der Waals surface area (Å²) in [5.41, 5.74) is 1.20. The molecule has 0 aliphatic carbocycles. The monoisotopic (exact) mass is 357 g/mol. The lowest BCUT2D eigenvalue weighted by molar-refractivity contribution is 0.0117. The van der Waals surface area contributed by atoms with Crippen molar-refractivity contribution in [3.63, 3.8) is 0 Å². The fourth-order valence-electron chi connectivity index (χ4n) is 3.28. The fourth-order valence-corrected chi connectivity index (χ4v) is 3.28. The Kier molecular flexibility index (Phi) is 5.05. The van der Waals surface area contributed by atoms with Gasteiger partial charge in [-0.25, -0.2) is 4.79 Å². The van der Waals surface area contributed by atoms with Gasteiger partial charge in [-0.3, -0.25) is 9.69 Å². The molecule has 0 spiro atoms. The summed E-state index contributed by atoms with van der Waals surface area (Å²) in [6.07, 6.45) is 1.51. The van der Waals surface area contributed by atoms with E-state index in [4.69, 9.17) is 4.74 Å². The van der Waals surface area contributed by atoms with Crippen LogP contribution >= 0.6 is 0 Å². The van der Waals surface area contributed by atoms with Crippen LogP contribution in [0, 0.1) is 0 Å². The van der Waals surface area contributed by atoms with Crippen molar-refractivity contribution in [2.45, 2.75) is 39.3 Å². The van der Waals surface area contributed by atoms with E-state index < -0.39 is 5.60 Å².